The summed E-state index contributed by atoms with van der Waals surface area (Å²) in [5.41, 5.74) is 6.83. The predicted octanol–water partition coefficient (Wildman–Crippen LogP) is 2.46. The van der Waals surface area contributed by atoms with Crippen LogP contribution < -0.4 is 10.6 Å². The molecule has 7 nitrogen and oxygen atoms in total. The number of nitro groups is 1. The number of benzene rings is 1. The van der Waals surface area contributed by atoms with Gasteiger partial charge in [-0.2, -0.15) is 0 Å². The molecule has 1 aromatic carbocycles. The van der Waals surface area contributed by atoms with E-state index in [9.17, 15) is 10.1 Å². The van der Waals surface area contributed by atoms with Gasteiger partial charge >= 0.3 is 0 Å². The summed E-state index contributed by atoms with van der Waals surface area (Å²) in [6, 6.07) is 4.83. The molecule has 1 aliphatic rings. The van der Waals surface area contributed by atoms with Gasteiger partial charge in [-0.05, 0) is 25.8 Å². The van der Waals surface area contributed by atoms with Gasteiger partial charge in [-0.25, -0.2) is 0 Å². The lowest BCUT2D eigenvalue weighted by Crippen LogP contribution is -2.34. The molecular weight excluding hydrogens is 272 g/mol. The summed E-state index contributed by atoms with van der Waals surface area (Å²) in [7, 11) is 0. The summed E-state index contributed by atoms with van der Waals surface area (Å²) < 4.78 is 0. The first-order valence-corrected chi connectivity index (χ1v) is 7.07. The van der Waals surface area contributed by atoms with Crippen molar-refractivity contribution in [1.29, 1.82) is 0 Å². The van der Waals surface area contributed by atoms with Gasteiger partial charge in [0.1, 0.15) is 0 Å². The first kappa shape index (κ1) is 15.1. The van der Waals surface area contributed by atoms with Crippen molar-refractivity contribution in [2.24, 2.45) is 10.9 Å². The molecule has 1 aromatic rings. The van der Waals surface area contributed by atoms with Gasteiger partial charge in [-0.3, -0.25) is 10.1 Å². The third-order valence-electron chi connectivity index (χ3n) is 3.94. The number of non-ortho nitro benzene ring substituents is 1. The summed E-state index contributed by atoms with van der Waals surface area (Å²) in [5.74, 6) is -0.106. The Hall–Kier alpha value is -2.31. The van der Waals surface area contributed by atoms with Gasteiger partial charge in [-0.1, -0.05) is 18.0 Å². The number of hydrogen-bond acceptors (Lipinski definition) is 5. The second-order valence-electron chi connectivity index (χ2n) is 5.34. The van der Waals surface area contributed by atoms with Gasteiger partial charge in [0.2, 0.25) is 0 Å². The molecule has 1 fully saturated rings. The Bertz CT molecular complexity index is 559. The average molecular weight is 292 g/mol. The lowest BCUT2D eigenvalue weighted by molar-refractivity contribution is -0.384. The molecule has 0 aliphatic carbocycles. The fraction of sp³-hybridized carbons (Fsp3) is 0.500. The van der Waals surface area contributed by atoms with Crippen molar-refractivity contribution in [2.75, 3.05) is 11.4 Å². The van der Waals surface area contributed by atoms with Crippen LogP contribution in [0.1, 0.15) is 38.2 Å². The van der Waals surface area contributed by atoms with Gasteiger partial charge < -0.3 is 15.8 Å². The Morgan fingerprint density at radius 2 is 2.24 bits per heavy atom. The molecule has 3 N–H and O–H groups in total. The quantitative estimate of drug-likeness (QED) is 0.293. The summed E-state index contributed by atoms with van der Waals surface area (Å²) in [6.45, 7) is 2.99. The van der Waals surface area contributed by atoms with Gasteiger partial charge in [0.05, 0.1) is 10.5 Å². The molecule has 2 rings (SSSR count). The lowest BCUT2D eigenvalue weighted by Gasteiger charge is -2.31. The SMILES string of the molecule is CC1CCCCCN1c1ccc([N+](=O)[O-])cc1C(N)=NO. The van der Waals surface area contributed by atoms with Gasteiger partial charge in [-0.15, -0.1) is 0 Å². The smallest absolute Gasteiger partial charge is 0.270 e. The van der Waals surface area contributed by atoms with E-state index in [2.05, 4.69) is 17.0 Å². The number of oxime groups is 1. The highest BCUT2D eigenvalue weighted by molar-refractivity contribution is 6.02. The van der Waals surface area contributed by atoms with Crippen LogP contribution in [0.3, 0.4) is 0 Å². The molecule has 0 spiro atoms. The van der Waals surface area contributed by atoms with Crippen molar-refractivity contribution in [2.45, 2.75) is 38.6 Å². The highest BCUT2D eigenvalue weighted by Gasteiger charge is 2.23. The van der Waals surface area contributed by atoms with Gasteiger partial charge in [0, 0.05) is 30.4 Å². The summed E-state index contributed by atoms with van der Waals surface area (Å²) in [6.07, 6.45) is 4.47. The van der Waals surface area contributed by atoms with Crippen molar-refractivity contribution in [3.05, 3.63) is 33.9 Å². The molecule has 1 atom stereocenters. The highest BCUT2D eigenvalue weighted by atomic mass is 16.6. The zero-order valence-electron chi connectivity index (χ0n) is 12.0. The van der Waals surface area contributed by atoms with E-state index < -0.39 is 4.92 Å². The van der Waals surface area contributed by atoms with Crippen molar-refractivity contribution >= 4 is 17.2 Å². The maximum absolute atomic E-state index is 10.9. The second kappa shape index (κ2) is 6.43. The van der Waals surface area contributed by atoms with E-state index in [-0.39, 0.29) is 11.5 Å². The molecule has 0 aromatic heterocycles. The molecule has 1 aliphatic heterocycles. The molecule has 0 amide bonds. The molecule has 1 unspecified atom stereocenters. The first-order chi connectivity index (χ1) is 10.0. The van der Waals surface area contributed by atoms with Crippen LogP contribution in [0.5, 0.6) is 0 Å². The maximum atomic E-state index is 10.9. The largest absolute Gasteiger partial charge is 0.409 e. The maximum Gasteiger partial charge on any atom is 0.270 e. The molecule has 21 heavy (non-hydrogen) atoms. The van der Waals surface area contributed by atoms with Crippen LogP contribution >= 0.6 is 0 Å². The van der Waals surface area contributed by atoms with E-state index in [4.69, 9.17) is 10.9 Å². The molecule has 0 bridgehead atoms. The van der Waals surface area contributed by atoms with E-state index in [1.165, 1.54) is 25.0 Å². The number of hydrogen-bond donors (Lipinski definition) is 2. The first-order valence-electron chi connectivity index (χ1n) is 7.07. The normalized spacial score (nSPS) is 20.1. The third-order valence-corrected chi connectivity index (χ3v) is 3.94. The van der Waals surface area contributed by atoms with Gasteiger partial charge in [0.25, 0.3) is 5.69 Å². The lowest BCUT2D eigenvalue weighted by atomic mass is 10.1. The Morgan fingerprint density at radius 1 is 1.48 bits per heavy atom. The Kier molecular flexibility index (Phi) is 4.62. The predicted molar refractivity (Wildman–Crippen MR) is 80.9 cm³/mol. The van der Waals surface area contributed by atoms with Crippen LogP contribution in [0.25, 0.3) is 0 Å². The molecule has 0 saturated carbocycles. The van der Waals surface area contributed by atoms with Crippen molar-refractivity contribution in [3.63, 3.8) is 0 Å². The zero-order valence-corrected chi connectivity index (χ0v) is 12.0. The summed E-state index contributed by atoms with van der Waals surface area (Å²) in [4.78, 5) is 12.6. The number of rotatable bonds is 3. The van der Waals surface area contributed by atoms with E-state index in [0.29, 0.717) is 11.6 Å². The topological polar surface area (TPSA) is 105 Å². The van der Waals surface area contributed by atoms with Crippen LogP contribution in [-0.4, -0.2) is 28.6 Å². The number of amidine groups is 1. The molecule has 1 saturated heterocycles. The number of nitro benzene ring substituents is 1. The van der Waals surface area contributed by atoms with E-state index >= 15 is 0 Å². The van der Waals surface area contributed by atoms with E-state index in [1.54, 1.807) is 6.07 Å². The molecular formula is C14H20N4O3. The minimum Gasteiger partial charge on any atom is -0.409 e. The van der Waals surface area contributed by atoms with Crippen LogP contribution in [-0.2, 0) is 0 Å². The second-order valence-corrected chi connectivity index (χ2v) is 5.34. The van der Waals surface area contributed by atoms with Crippen LogP contribution in [0.4, 0.5) is 11.4 Å². The Labute approximate surface area is 123 Å². The standard InChI is InChI=1S/C14H20N4O3/c1-10-5-3-2-4-8-17(10)13-7-6-11(18(20)21)9-12(13)14(15)16-19/h6-7,9-10,19H,2-5,8H2,1H3,(H2,15,16). The summed E-state index contributed by atoms with van der Waals surface area (Å²) in [5, 5.41) is 22.9. The molecule has 114 valence electrons. The minimum atomic E-state index is -0.482. The van der Waals surface area contributed by atoms with Crippen molar-refractivity contribution < 1.29 is 10.1 Å². The van der Waals surface area contributed by atoms with Crippen LogP contribution in [0.2, 0.25) is 0 Å². The average Bonchev–Trinajstić information content (AvgIpc) is 2.70. The van der Waals surface area contributed by atoms with E-state index in [1.807, 2.05) is 0 Å². The highest BCUT2D eigenvalue weighted by Crippen LogP contribution is 2.30. The molecule has 1 heterocycles. The number of anilines is 1. The Balaban J connectivity index is 2.48. The monoisotopic (exact) mass is 292 g/mol. The molecule has 7 heteroatoms. The van der Waals surface area contributed by atoms with E-state index in [0.717, 1.165) is 25.1 Å². The number of nitrogens with two attached hydrogens (primary N) is 1. The van der Waals surface area contributed by atoms with Crippen molar-refractivity contribution in [1.82, 2.24) is 0 Å². The number of nitrogens with zero attached hydrogens (tertiary/aromatic N) is 3. The summed E-state index contributed by atoms with van der Waals surface area (Å²) >= 11 is 0. The van der Waals surface area contributed by atoms with Gasteiger partial charge in [0.15, 0.2) is 5.84 Å². The Morgan fingerprint density at radius 3 is 2.90 bits per heavy atom. The van der Waals surface area contributed by atoms with Crippen LogP contribution in [0, 0.1) is 10.1 Å². The van der Waals surface area contributed by atoms with Crippen molar-refractivity contribution in [3.8, 4) is 0 Å². The fourth-order valence-electron chi connectivity index (χ4n) is 2.78. The minimum absolute atomic E-state index is 0.0668. The zero-order chi connectivity index (χ0) is 15.4. The molecule has 0 radical (unpaired) electrons. The third kappa shape index (κ3) is 3.24. The van der Waals surface area contributed by atoms with Crippen LogP contribution in [0.15, 0.2) is 23.4 Å². The fourth-order valence-corrected chi connectivity index (χ4v) is 2.78.